The van der Waals surface area contributed by atoms with Gasteiger partial charge in [-0.25, -0.2) is 14.6 Å². The molecule has 5 rings (SSSR count). The van der Waals surface area contributed by atoms with Crippen LogP contribution >= 0.6 is 0 Å². The first kappa shape index (κ1) is 57.3. The van der Waals surface area contributed by atoms with E-state index in [4.69, 9.17) is 24.7 Å². The zero-order chi connectivity index (χ0) is 52.3. The maximum atomic E-state index is 14.5. The molecule has 4 saturated carbocycles. The Morgan fingerprint density at radius 2 is 1.38 bits per heavy atom. The zero-order valence-corrected chi connectivity index (χ0v) is 44.2. The second-order valence-electron chi connectivity index (χ2n) is 23.1. The Labute approximate surface area is 421 Å². The lowest BCUT2D eigenvalue weighted by Gasteiger charge is -2.55. The molecular formula is C51H87N9O11. The van der Waals surface area contributed by atoms with Gasteiger partial charge in [-0.1, -0.05) is 52.4 Å². The molecule has 402 valence electrons. The van der Waals surface area contributed by atoms with Crippen LogP contribution < -0.4 is 37.6 Å². The minimum absolute atomic E-state index is 0.0693. The van der Waals surface area contributed by atoms with Crippen molar-refractivity contribution in [1.82, 2.24) is 36.8 Å². The van der Waals surface area contributed by atoms with Gasteiger partial charge in [0.15, 0.2) is 0 Å². The Bertz CT molecular complexity index is 1840. The summed E-state index contributed by atoms with van der Waals surface area (Å²) in [5, 5.41) is 16.6. The van der Waals surface area contributed by atoms with Crippen LogP contribution in [-0.2, 0) is 42.9 Å². The number of ether oxygens (including phenoxy) is 4. The number of rotatable bonds is 10. The van der Waals surface area contributed by atoms with Crippen molar-refractivity contribution in [3.05, 3.63) is 0 Å². The van der Waals surface area contributed by atoms with Crippen LogP contribution in [0.15, 0.2) is 4.99 Å². The number of nitrogens with zero attached hydrogens (tertiary/aromatic N) is 2. The molecule has 0 bridgehead atoms. The van der Waals surface area contributed by atoms with Gasteiger partial charge in [0.2, 0.25) is 35.5 Å². The molecule has 0 aromatic carbocycles. The number of amides is 7. The van der Waals surface area contributed by atoms with Crippen LogP contribution in [0, 0.1) is 23.2 Å². The fourth-order valence-corrected chi connectivity index (χ4v) is 10.6. The number of nitrogens with one attached hydrogen (secondary N) is 6. The summed E-state index contributed by atoms with van der Waals surface area (Å²) in [5.41, 5.74) is 4.93. The fourth-order valence-electron chi connectivity index (χ4n) is 10.6. The lowest BCUT2D eigenvalue weighted by Crippen LogP contribution is -2.62. The van der Waals surface area contributed by atoms with Gasteiger partial charge in [0.1, 0.15) is 35.4 Å². The molecule has 0 aromatic heterocycles. The van der Waals surface area contributed by atoms with Gasteiger partial charge in [-0.2, -0.15) is 0 Å². The van der Waals surface area contributed by atoms with Gasteiger partial charge in [-0.15, -0.1) is 0 Å². The molecule has 8 N–H and O–H groups in total. The van der Waals surface area contributed by atoms with Crippen molar-refractivity contribution in [1.29, 1.82) is 0 Å². The highest BCUT2D eigenvalue weighted by atomic mass is 16.6. The van der Waals surface area contributed by atoms with E-state index in [9.17, 15) is 33.6 Å². The molecule has 0 radical (unpaired) electrons. The van der Waals surface area contributed by atoms with Crippen LogP contribution in [0.2, 0.25) is 0 Å². The topological polar surface area (TPSA) is 270 Å². The standard InChI is InChI=1S/C51H87N9O11/c1-11-17-38-43(63)57-40(33-18-14-12-13-15-19-33)44(64)55-36(27-52)41(61)56-37(29-68-35-23-34(24-35)54-46(58-47(66)70-49(4,5)6)59-48(67)71-50(7,8)9)42(62)53-30(2)28-69-39(31(3)45(65)60(38)10)22-32-25-51(26-32)20-16-21-51/h30-40H,11-29,52H2,1-10H3,(H,53,62)(H,55,64)(H,56,61)(H,57,63)(H2,54,58,59,66,67)/t30-,31-,34?,35?,36+,37+,38+,39-,40+/m1/s1. The maximum Gasteiger partial charge on any atom is 0.414 e. The quantitative estimate of drug-likeness (QED) is 0.0909. The summed E-state index contributed by atoms with van der Waals surface area (Å²) in [6, 6.07) is -5.35. The second kappa shape index (κ2) is 25.4. The summed E-state index contributed by atoms with van der Waals surface area (Å²) in [6.45, 7) is 15.3. The third-order valence-corrected chi connectivity index (χ3v) is 14.6. The molecule has 7 atom stereocenters. The van der Waals surface area contributed by atoms with Gasteiger partial charge in [0.25, 0.3) is 0 Å². The largest absolute Gasteiger partial charge is 0.444 e. The molecule has 5 aliphatic rings. The van der Waals surface area contributed by atoms with Gasteiger partial charge >= 0.3 is 12.2 Å². The van der Waals surface area contributed by atoms with Crippen molar-refractivity contribution in [2.45, 2.75) is 225 Å². The molecule has 71 heavy (non-hydrogen) atoms. The van der Waals surface area contributed by atoms with E-state index in [1.807, 2.05) is 13.8 Å². The molecule has 20 nitrogen and oxygen atoms in total. The highest BCUT2D eigenvalue weighted by Gasteiger charge is 2.49. The Kier molecular flexibility index (Phi) is 20.5. The molecule has 1 aliphatic heterocycles. The molecule has 7 amide bonds. The van der Waals surface area contributed by atoms with Crippen LogP contribution in [0.1, 0.15) is 165 Å². The summed E-state index contributed by atoms with van der Waals surface area (Å²) < 4.78 is 23.5. The summed E-state index contributed by atoms with van der Waals surface area (Å²) in [4.78, 5) is 103. The van der Waals surface area contributed by atoms with Crippen LogP contribution in [0.5, 0.6) is 0 Å². The van der Waals surface area contributed by atoms with E-state index < -0.39 is 101 Å². The van der Waals surface area contributed by atoms with E-state index in [2.05, 4.69) is 36.9 Å². The van der Waals surface area contributed by atoms with Crippen molar-refractivity contribution in [3.8, 4) is 0 Å². The van der Waals surface area contributed by atoms with Gasteiger partial charge in [-0.3, -0.25) is 34.6 Å². The van der Waals surface area contributed by atoms with E-state index in [0.717, 1.165) is 38.5 Å². The molecular weight excluding hydrogens is 915 g/mol. The average molecular weight is 1000 g/mol. The Morgan fingerprint density at radius 3 is 1.92 bits per heavy atom. The second-order valence-corrected chi connectivity index (χ2v) is 23.1. The lowest BCUT2D eigenvalue weighted by molar-refractivity contribution is -0.148. The number of carbonyl (C=O) groups is 7. The predicted octanol–water partition coefficient (Wildman–Crippen LogP) is 4.46. The molecule has 5 fully saturated rings. The van der Waals surface area contributed by atoms with Gasteiger partial charge in [-0.05, 0) is 130 Å². The number of carbonyl (C=O) groups excluding carboxylic acids is 7. The van der Waals surface area contributed by atoms with Crippen LogP contribution in [-0.4, -0.2) is 139 Å². The number of aliphatic imine (C=N–C) groups is 1. The SMILES string of the molecule is CCC[C@H]1C(=O)N[C@@H](C2CCCCCC2)C(=O)N[C@@H](CN)C(=O)N[C@@H](COC2CC(N=C(NC(=O)OC(C)(C)C)NC(=O)OC(C)(C)C)C2)C(=O)N[C@H](C)CO[C@H](CC2CC3(CCC3)C2)[C@@H](C)C(=O)N1C. The van der Waals surface area contributed by atoms with Crippen LogP contribution in [0.25, 0.3) is 0 Å². The van der Waals surface area contributed by atoms with Crippen molar-refractivity contribution in [2.75, 3.05) is 26.8 Å². The van der Waals surface area contributed by atoms with E-state index >= 15 is 0 Å². The van der Waals surface area contributed by atoms with Gasteiger partial charge < -0.3 is 50.8 Å². The molecule has 1 spiro atoms. The molecule has 1 saturated heterocycles. The summed E-state index contributed by atoms with van der Waals surface area (Å²) in [6.07, 6.45) is 10.8. The maximum absolute atomic E-state index is 14.5. The van der Waals surface area contributed by atoms with Crippen molar-refractivity contribution < 1.29 is 52.5 Å². The van der Waals surface area contributed by atoms with Crippen LogP contribution in [0.3, 0.4) is 0 Å². The van der Waals surface area contributed by atoms with Crippen molar-refractivity contribution in [3.63, 3.8) is 0 Å². The third kappa shape index (κ3) is 17.3. The van der Waals surface area contributed by atoms with Crippen molar-refractivity contribution in [2.24, 2.45) is 33.9 Å². The smallest absolute Gasteiger partial charge is 0.414 e. The minimum atomic E-state index is -1.27. The van der Waals surface area contributed by atoms with E-state index in [0.29, 0.717) is 56.3 Å². The van der Waals surface area contributed by atoms with E-state index in [-0.39, 0.29) is 37.5 Å². The number of likely N-dealkylation sites (N-methyl/N-ethyl adjacent to an activating group) is 1. The van der Waals surface area contributed by atoms with Crippen LogP contribution in [0.4, 0.5) is 9.59 Å². The average Bonchev–Trinajstić information content (AvgIpc) is 3.52. The fraction of sp³-hybridized carbons (Fsp3) is 0.843. The Balaban J connectivity index is 1.37. The number of nitrogens with two attached hydrogens (primary N) is 1. The third-order valence-electron chi connectivity index (χ3n) is 14.6. The highest BCUT2D eigenvalue weighted by molar-refractivity contribution is 6.01. The number of guanidine groups is 1. The Hall–Kier alpha value is -4.56. The normalized spacial score (nSPS) is 29.9. The van der Waals surface area contributed by atoms with E-state index in [1.54, 1.807) is 55.5 Å². The lowest BCUT2D eigenvalue weighted by atomic mass is 9.51. The van der Waals surface area contributed by atoms with Gasteiger partial charge in [0, 0.05) is 19.6 Å². The minimum Gasteiger partial charge on any atom is -0.444 e. The highest BCUT2D eigenvalue weighted by Crippen LogP contribution is 2.60. The summed E-state index contributed by atoms with van der Waals surface area (Å²) in [5.74, 6) is -3.14. The predicted molar refractivity (Wildman–Crippen MR) is 267 cm³/mol. The summed E-state index contributed by atoms with van der Waals surface area (Å²) >= 11 is 0. The number of hydrogen-bond acceptors (Lipinski definition) is 13. The summed E-state index contributed by atoms with van der Waals surface area (Å²) in [7, 11) is 1.65. The first-order chi connectivity index (χ1) is 33.4. The Morgan fingerprint density at radius 1 is 0.803 bits per heavy atom. The number of hydrogen-bond donors (Lipinski definition) is 7. The first-order valence-corrected chi connectivity index (χ1v) is 26.4. The van der Waals surface area contributed by atoms with Crippen molar-refractivity contribution >= 4 is 47.7 Å². The molecule has 0 unspecified atom stereocenters. The number of alkyl carbamates (subject to hydrolysis) is 2. The monoisotopic (exact) mass is 1000 g/mol. The van der Waals surface area contributed by atoms with Gasteiger partial charge in [0.05, 0.1) is 37.4 Å². The molecule has 1 heterocycles. The molecule has 4 aliphatic carbocycles. The molecule has 20 heteroatoms. The molecule has 0 aromatic rings. The zero-order valence-electron chi connectivity index (χ0n) is 44.2. The first-order valence-electron chi connectivity index (χ1n) is 26.4. The van der Waals surface area contributed by atoms with E-state index in [1.165, 1.54) is 24.2 Å².